The van der Waals surface area contributed by atoms with E-state index in [0.29, 0.717) is 24.6 Å². The molecule has 5 nitrogen and oxygen atoms in total. The Bertz CT molecular complexity index is 594. The lowest BCUT2D eigenvalue weighted by atomic mass is 10.1. The number of aromatic nitrogens is 2. The average molecular weight is 272 g/mol. The quantitative estimate of drug-likeness (QED) is 0.749. The highest BCUT2D eigenvalue weighted by molar-refractivity contribution is 5.33. The monoisotopic (exact) mass is 272 g/mol. The molecule has 5 heteroatoms. The van der Waals surface area contributed by atoms with Crippen molar-refractivity contribution in [2.75, 3.05) is 11.9 Å². The number of aryl methyl sites for hydroxylation is 1. The lowest BCUT2D eigenvalue weighted by Crippen LogP contribution is -2.17. The van der Waals surface area contributed by atoms with Crippen molar-refractivity contribution in [3.8, 4) is 0 Å². The molecule has 1 aromatic heterocycles. The molecule has 0 aliphatic carbocycles. The van der Waals surface area contributed by atoms with E-state index >= 15 is 0 Å². The summed E-state index contributed by atoms with van der Waals surface area (Å²) in [5.41, 5.74) is 7.10. The second-order valence-electron chi connectivity index (χ2n) is 4.66. The van der Waals surface area contributed by atoms with E-state index in [2.05, 4.69) is 15.3 Å². The van der Waals surface area contributed by atoms with Crippen LogP contribution in [-0.4, -0.2) is 16.5 Å². The van der Waals surface area contributed by atoms with Crippen molar-refractivity contribution in [3.05, 3.63) is 58.1 Å². The lowest BCUT2D eigenvalue weighted by Gasteiger charge is -2.13. The van der Waals surface area contributed by atoms with Crippen molar-refractivity contribution in [2.45, 2.75) is 25.8 Å². The number of aromatic amines is 1. The minimum absolute atomic E-state index is 0.0173. The minimum atomic E-state index is -0.133. The third-order valence-electron chi connectivity index (χ3n) is 3.11. The minimum Gasteiger partial charge on any atom is -0.370 e. The molecular formula is C15H20N4O. The van der Waals surface area contributed by atoms with Crippen LogP contribution in [0, 0.1) is 0 Å². The molecule has 1 heterocycles. The fraction of sp³-hybridized carbons (Fsp3) is 0.333. The van der Waals surface area contributed by atoms with Crippen LogP contribution in [0.1, 0.15) is 30.8 Å². The van der Waals surface area contributed by atoms with E-state index in [9.17, 15) is 4.79 Å². The van der Waals surface area contributed by atoms with E-state index in [1.807, 2.05) is 37.3 Å². The van der Waals surface area contributed by atoms with Crippen molar-refractivity contribution in [2.24, 2.45) is 5.73 Å². The number of rotatable bonds is 6. The molecule has 106 valence electrons. The van der Waals surface area contributed by atoms with Gasteiger partial charge in [-0.05, 0) is 12.0 Å². The van der Waals surface area contributed by atoms with Gasteiger partial charge in [-0.25, -0.2) is 4.98 Å². The van der Waals surface area contributed by atoms with Crippen LogP contribution in [0.4, 0.5) is 5.82 Å². The van der Waals surface area contributed by atoms with E-state index < -0.39 is 0 Å². The molecule has 0 saturated heterocycles. The summed E-state index contributed by atoms with van der Waals surface area (Å²) in [5.74, 6) is 1.29. The third-order valence-corrected chi connectivity index (χ3v) is 3.11. The van der Waals surface area contributed by atoms with E-state index in [0.717, 1.165) is 12.0 Å². The van der Waals surface area contributed by atoms with Crippen molar-refractivity contribution < 1.29 is 0 Å². The molecular weight excluding hydrogens is 252 g/mol. The highest BCUT2D eigenvalue weighted by Gasteiger charge is 2.05. The van der Waals surface area contributed by atoms with Gasteiger partial charge in [0.15, 0.2) is 0 Å². The summed E-state index contributed by atoms with van der Waals surface area (Å²) in [5, 5.41) is 3.15. The molecule has 2 aromatic rings. The van der Waals surface area contributed by atoms with E-state index in [1.165, 1.54) is 6.07 Å². The lowest BCUT2D eigenvalue weighted by molar-refractivity contribution is 0.673. The van der Waals surface area contributed by atoms with Crippen molar-refractivity contribution in [1.29, 1.82) is 0 Å². The maximum atomic E-state index is 11.4. The molecule has 4 N–H and O–H groups in total. The Morgan fingerprint density at radius 2 is 2.10 bits per heavy atom. The van der Waals surface area contributed by atoms with Crippen LogP contribution in [0.25, 0.3) is 0 Å². The van der Waals surface area contributed by atoms with Gasteiger partial charge in [0.1, 0.15) is 11.6 Å². The standard InChI is InChI=1S/C15H20N4O/c1-2-13-18-14(10-15(20)19-13)17-9-8-12(16)11-6-4-3-5-7-11/h3-7,10,12H,2,8-9,16H2,1H3,(H2,17,18,19,20). The number of hydrogen-bond donors (Lipinski definition) is 3. The molecule has 0 fully saturated rings. The number of benzene rings is 1. The van der Waals surface area contributed by atoms with Crippen LogP contribution in [-0.2, 0) is 6.42 Å². The highest BCUT2D eigenvalue weighted by Crippen LogP contribution is 2.13. The zero-order chi connectivity index (χ0) is 14.4. The van der Waals surface area contributed by atoms with Gasteiger partial charge in [-0.15, -0.1) is 0 Å². The topological polar surface area (TPSA) is 83.8 Å². The second kappa shape index (κ2) is 6.86. The molecule has 2 rings (SSSR count). The first-order chi connectivity index (χ1) is 9.69. The van der Waals surface area contributed by atoms with Crippen molar-refractivity contribution in [3.63, 3.8) is 0 Å². The molecule has 1 aromatic carbocycles. The maximum Gasteiger partial charge on any atom is 0.252 e. The Balaban J connectivity index is 1.90. The average Bonchev–Trinajstić information content (AvgIpc) is 2.47. The van der Waals surface area contributed by atoms with Crippen LogP contribution < -0.4 is 16.6 Å². The first-order valence-corrected chi connectivity index (χ1v) is 6.83. The van der Waals surface area contributed by atoms with E-state index in [1.54, 1.807) is 0 Å². The molecule has 0 spiro atoms. The summed E-state index contributed by atoms with van der Waals surface area (Å²) < 4.78 is 0. The summed E-state index contributed by atoms with van der Waals surface area (Å²) in [6, 6.07) is 11.4. The summed E-state index contributed by atoms with van der Waals surface area (Å²) in [6.45, 7) is 2.63. The molecule has 0 bridgehead atoms. The molecule has 0 aliphatic rings. The van der Waals surface area contributed by atoms with Gasteiger partial charge in [0.2, 0.25) is 0 Å². The molecule has 0 saturated carbocycles. The number of hydrogen-bond acceptors (Lipinski definition) is 4. The molecule has 0 radical (unpaired) electrons. The van der Waals surface area contributed by atoms with Crippen LogP contribution in [0.5, 0.6) is 0 Å². The third kappa shape index (κ3) is 3.93. The normalized spacial score (nSPS) is 12.1. The fourth-order valence-electron chi connectivity index (χ4n) is 1.99. The largest absolute Gasteiger partial charge is 0.370 e. The summed E-state index contributed by atoms with van der Waals surface area (Å²) in [4.78, 5) is 18.4. The van der Waals surface area contributed by atoms with Gasteiger partial charge in [-0.1, -0.05) is 37.3 Å². The Morgan fingerprint density at radius 1 is 1.35 bits per heavy atom. The highest BCUT2D eigenvalue weighted by atomic mass is 16.1. The smallest absolute Gasteiger partial charge is 0.252 e. The van der Waals surface area contributed by atoms with E-state index in [-0.39, 0.29) is 11.6 Å². The maximum absolute atomic E-state index is 11.4. The molecule has 20 heavy (non-hydrogen) atoms. The first-order valence-electron chi connectivity index (χ1n) is 6.83. The van der Waals surface area contributed by atoms with Gasteiger partial charge in [0.25, 0.3) is 5.56 Å². The Labute approximate surface area is 118 Å². The number of nitrogens with two attached hydrogens (primary N) is 1. The predicted molar refractivity (Wildman–Crippen MR) is 80.7 cm³/mol. The summed E-state index contributed by atoms with van der Waals surface area (Å²) in [6.07, 6.45) is 1.48. The zero-order valence-corrected chi connectivity index (χ0v) is 11.6. The Hall–Kier alpha value is -2.14. The van der Waals surface area contributed by atoms with Crippen molar-refractivity contribution >= 4 is 5.82 Å². The van der Waals surface area contributed by atoms with Crippen LogP contribution in [0.3, 0.4) is 0 Å². The summed E-state index contributed by atoms with van der Waals surface area (Å²) in [7, 11) is 0. The SMILES string of the molecule is CCc1nc(NCCC(N)c2ccccc2)cc(=O)[nH]1. The molecule has 1 atom stereocenters. The van der Waals surface area contributed by atoms with Crippen molar-refractivity contribution in [1.82, 2.24) is 9.97 Å². The Kier molecular flexibility index (Phi) is 4.90. The number of nitrogens with zero attached hydrogens (tertiary/aromatic N) is 1. The first kappa shape index (κ1) is 14.3. The number of nitrogens with one attached hydrogen (secondary N) is 2. The van der Waals surface area contributed by atoms with Gasteiger partial charge < -0.3 is 16.0 Å². The number of anilines is 1. The summed E-state index contributed by atoms with van der Waals surface area (Å²) >= 11 is 0. The zero-order valence-electron chi connectivity index (χ0n) is 11.6. The van der Waals surface area contributed by atoms with Gasteiger partial charge in [0, 0.05) is 25.1 Å². The second-order valence-corrected chi connectivity index (χ2v) is 4.66. The van der Waals surface area contributed by atoms with Gasteiger partial charge in [-0.2, -0.15) is 0 Å². The van der Waals surface area contributed by atoms with Gasteiger partial charge in [-0.3, -0.25) is 4.79 Å². The fourth-order valence-corrected chi connectivity index (χ4v) is 1.99. The molecule has 0 amide bonds. The van der Waals surface area contributed by atoms with E-state index in [4.69, 9.17) is 5.73 Å². The van der Waals surface area contributed by atoms with Gasteiger partial charge >= 0.3 is 0 Å². The van der Waals surface area contributed by atoms with Crippen LogP contribution in [0.2, 0.25) is 0 Å². The van der Waals surface area contributed by atoms with Gasteiger partial charge in [0.05, 0.1) is 0 Å². The Morgan fingerprint density at radius 3 is 2.80 bits per heavy atom. The number of H-pyrrole nitrogens is 1. The predicted octanol–water partition coefficient (Wildman–Crippen LogP) is 1.83. The molecule has 0 aliphatic heterocycles. The van der Waals surface area contributed by atoms with Crippen LogP contribution in [0.15, 0.2) is 41.2 Å². The molecule has 1 unspecified atom stereocenters. The van der Waals surface area contributed by atoms with Crippen LogP contribution >= 0.6 is 0 Å².